The first-order valence-electron chi connectivity index (χ1n) is 8.21. The highest BCUT2D eigenvalue weighted by molar-refractivity contribution is 5.87. The zero-order valence-corrected chi connectivity index (χ0v) is 13.6. The van der Waals surface area contributed by atoms with E-state index in [1.165, 1.54) is 0 Å². The number of nitrogens with one attached hydrogen (secondary N) is 1. The molecule has 1 fully saturated rings. The molecule has 2 amide bonds. The molecule has 122 valence electrons. The third-order valence-electron chi connectivity index (χ3n) is 3.85. The molecule has 0 spiro atoms. The Hall–Kier alpha value is -1.10. The highest BCUT2D eigenvalue weighted by atomic mass is 16.3. The smallest absolute Gasteiger partial charge is 0.242 e. The number of nitrogens with zero attached hydrogens (tertiary/aromatic N) is 1. The Morgan fingerprint density at radius 2 is 2.05 bits per heavy atom. The second-order valence-electron chi connectivity index (χ2n) is 6.38. The van der Waals surface area contributed by atoms with Crippen molar-refractivity contribution in [3.63, 3.8) is 0 Å². The Bertz CT molecular complexity index is 344. The Kier molecular flexibility index (Phi) is 7.72. The van der Waals surface area contributed by atoms with Crippen LogP contribution in [0, 0.1) is 5.92 Å². The molecule has 1 heterocycles. The van der Waals surface area contributed by atoms with Crippen LogP contribution in [0.4, 0.5) is 0 Å². The van der Waals surface area contributed by atoms with Gasteiger partial charge in [0.1, 0.15) is 6.04 Å². The lowest BCUT2D eigenvalue weighted by Crippen LogP contribution is -2.52. The summed E-state index contributed by atoms with van der Waals surface area (Å²) in [5.74, 6) is 0.344. The lowest BCUT2D eigenvalue weighted by molar-refractivity contribution is -0.142. The van der Waals surface area contributed by atoms with Crippen LogP contribution in [-0.4, -0.2) is 47.1 Å². The fourth-order valence-electron chi connectivity index (χ4n) is 2.82. The van der Waals surface area contributed by atoms with Crippen molar-refractivity contribution in [1.82, 2.24) is 10.2 Å². The molecule has 2 N–H and O–H groups in total. The van der Waals surface area contributed by atoms with Crippen LogP contribution in [0.3, 0.4) is 0 Å². The summed E-state index contributed by atoms with van der Waals surface area (Å²) in [6.45, 7) is 6.99. The van der Waals surface area contributed by atoms with Gasteiger partial charge in [-0.15, -0.1) is 0 Å². The predicted octanol–water partition coefficient (Wildman–Crippen LogP) is 1.69. The van der Waals surface area contributed by atoms with Crippen LogP contribution in [0.5, 0.6) is 0 Å². The maximum atomic E-state index is 12.3. The van der Waals surface area contributed by atoms with Gasteiger partial charge < -0.3 is 15.3 Å². The Morgan fingerprint density at radius 1 is 1.33 bits per heavy atom. The first kappa shape index (κ1) is 18.0. The molecule has 0 aliphatic carbocycles. The van der Waals surface area contributed by atoms with Crippen LogP contribution in [0.1, 0.15) is 59.3 Å². The first-order chi connectivity index (χ1) is 9.95. The van der Waals surface area contributed by atoms with Gasteiger partial charge in [-0.2, -0.15) is 0 Å². The number of rotatable bonds is 7. The van der Waals surface area contributed by atoms with Gasteiger partial charge in [-0.3, -0.25) is 9.59 Å². The number of likely N-dealkylation sites (tertiary alicyclic amines) is 1. The second kappa shape index (κ2) is 9.03. The van der Waals surface area contributed by atoms with Crippen molar-refractivity contribution in [3.05, 3.63) is 0 Å². The minimum Gasteiger partial charge on any atom is -0.391 e. The number of hydrogen-bond acceptors (Lipinski definition) is 3. The van der Waals surface area contributed by atoms with Crippen molar-refractivity contribution in [2.24, 2.45) is 5.92 Å². The minimum atomic E-state index is -0.516. The Balaban J connectivity index is 2.51. The first-order valence-corrected chi connectivity index (χ1v) is 8.21. The number of aliphatic hydroxyl groups excluding tert-OH is 1. The van der Waals surface area contributed by atoms with Gasteiger partial charge in [-0.05, 0) is 38.0 Å². The van der Waals surface area contributed by atoms with Crippen molar-refractivity contribution < 1.29 is 14.7 Å². The molecule has 21 heavy (non-hydrogen) atoms. The van der Waals surface area contributed by atoms with E-state index in [0.29, 0.717) is 25.3 Å². The largest absolute Gasteiger partial charge is 0.391 e. The topological polar surface area (TPSA) is 69.6 Å². The van der Waals surface area contributed by atoms with Crippen molar-refractivity contribution in [2.75, 3.05) is 13.1 Å². The SMILES string of the molecule is CCCC(=O)N1CCCCC1C(=O)NCC(O)CC(C)C. The standard InChI is InChI=1S/C16H30N2O3/c1-4-7-15(20)18-9-6-5-8-14(18)16(21)17-11-13(19)10-12(2)3/h12-14,19H,4-11H2,1-3H3,(H,17,21). The van der Waals surface area contributed by atoms with Crippen LogP contribution in [0.15, 0.2) is 0 Å². The molecule has 5 nitrogen and oxygen atoms in total. The van der Waals surface area contributed by atoms with Gasteiger partial charge in [0.25, 0.3) is 0 Å². The van der Waals surface area contributed by atoms with Crippen molar-refractivity contribution in [3.8, 4) is 0 Å². The lowest BCUT2D eigenvalue weighted by atomic mass is 10.00. The van der Waals surface area contributed by atoms with E-state index < -0.39 is 6.10 Å². The van der Waals surface area contributed by atoms with Gasteiger partial charge in [0, 0.05) is 19.5 Å². The third kappa shape index (κ3) is 6.04. The van der Waals surface area contributed by atoms with Gasteiger partial charge in [-0.1, -0.05) is 20.8 Å². The van der Waals surface area contributed by atoms with Crippen LogP contribution in [0.2, 0.25) is 0 Å². The summed E-state index contributed by atoms with van der Waals surface area (Å²) < 4.78 is 0. The normalized spacial score (nSPS) is 20.4. The fourth-order valence-corrected chi connectivity index (χ4v) is 2.82. The Labute approximate surface area is 128 Å². The molecule has 1 aliphatic rings. The summed E-state index contributed by atoms with van der Waals surface area (Å²) >= 11 is 0. The Morgan fingerprint density at radius 3 is 2.67 bits per heavy atom. The van der Waals surface area contributed by atoms with Gasteiger partial charge in [0.15, 0.2) is 0 Å². The summed E-state index contributed by atoms with van der Waals surface area (Å²) in [6.07, 6.45) is 4.12. The molecule has 2 atom stereocenters. The molecule has 5 heteroatoms. The molecule has 0 aromatic rings. The molecule has 0 aromatic carbocycles. The van der Waals surface area contributed by atoms with E-state index in [9.17, 15) is 14.7 Å². The molecule has 2 unspecified atom stereocenters. The maximum absolute atomic E-state index is 12.3. The quantitative estimate of drug-likeness (QED) is 0.751. The molecular formula is C16H30N2O3. The van der Waals surface area contributed by atoms with E-state index in [-0.39, 0.29) is 24.4 Å². The maximum Gasteiger partial charge on any atom is 0.242 e. The van der Waals surface area contributed by atoms with Gasteiger partial charge in [0.05, 0.1) is 6.10 Å². The van der Waals surface area contributed by atoms with Crippen LogP contribution < -0.4 is 5.32 Å². The third-order valence-corrected chi connectivity index (χ3v) is 3.85. The van der Waals surface area contributed by atoms with E-state index in [1.807, 2.05) is 20.8 Å². The summed E-state index contributed by atoms with van der Waals surface area (Å²) in [5.41, 5.74) is 0. The van der Waals surface area contributed by atoms with E-state index in [1.54, 1.807) is 4.90 Å². The van der Waals surface area contributed by atoms with Gasteiger partial charge in [0.2, 0.25) is 11.8 Å². The molecule has 1 saturated heterocycles. The van der Waals surface area contributed by atoms with E-state index in [4.69, 9.17) is 0 Å². The number of piperidine rings is 1. The van der Waals surface area contributed by atoms with Crippen LogP contribution in [-0.2, 0) is 9.59 Å². The summed E-state index contributed by atoms with van der Waals surface area (Å²) in [6, 6.07) is -0.357. The van der Waals surface area contributed by atoms with Crippen molar-refractivity contribution in [1.29, 1.82) is 0 Å². The molecule has 0 saturated carbocycles. The summed E-state index contributed by atoms with van der Waals surface area (Å²) in [7, 11) is 0. The zero-order valence-electron chi connectivity index (χ0n) is 13.6. The highest BCUT2D eigenvalue weighted by Crippen LogP contribution is 2.18. The molecular weight excluding hydrogens is 268 g/mol. The average Bonchev–Trinajstić information content (AvgIpc) is 2.44. The summed E-state index contributed by atoms with van der Waals surface area (Å²) in [4.78, 5) is 26.1. The van der Waals surface area contributed by atoms with Crippen molar-refractivity contribution in [2.45, 2.75) is 71.4 Å². The van der Waals surface area contributed by atoms with E-state index >= 15 is 0 Å². The average molecular weight is 298 g/mol. The van der Waals surface area contributed by atoms with E-state index in [0.717, 1.165) is 25.7 Å². The highest BCUT2D eigenvalue weighted by Gasteiger charge is 2.31. The molecule has 1 rings (SSSR count). The second-order valence-corrected chi connectivity index (χ2v) is 6.38. The van der Waals surface area contributed by atoms with E-state index in [2.05, 4.69) is 5.32 Å². The molecule has 1 aliphatic heterocycles. The number of carbonyl (C=O) groups excluding carboxylic acids is 2. The van der Waals surface area contributed by atoms with Crippen LogP contribution >= 0.6 is 0 Å². The lowest BCUT2D eigenvalue weighted by Gasteiger charge is -2.35. The van der Waals surface area contributed by atoms with Crippen LogP contribution in [0.25, 0.3) is 0 Å². The molecule has 0 radical (unpaired) electrons. The zero-order chi connectivity index (χ0) is 15.8. The minimum absolute atomic E-state index is 0.0695. The number of amides is 2. The van der Waals surface area contributed by atoms with Crippen molar-refractivity contribution >= 4 is 11.8 Å². The molecule has 0 aromatic heterocycles. The molecule has 0 bridgehead atoms. The fraction of sp³-hybridized carbons (Fsp3) is 0.875. The number of aliphatic hydroxyl groups is 1. The number of carbonyl (C=O) groups is 2. The number of hydrogen-bond donors (Lipinski definition) is 2. The monoisotopic (exact) mass is 298 g/mol. The predicted molar refractivity (Wildman–Crippen MR) is 82.7 cm³/mol. The van der Waals surface area contributed by atoms with Gasteiger partial charge >= 0.3 is 0 Å². The summed E-state index contributed by atoms with van der Waals surface area (Å²) in [5, 5.41) is 12.6. The van der Waals surface area contributed by atoms with Gasteiger partial charge in [-0.25, -0.2) is 0 Å².